The summed E-state index contributed by atoms with van der Waals surface area (Å²) >= 11 is 6.22. The molecule has 94 valence electrons. The molecule has 1 aliphatic heterocycles. The van der Waals surface area contributed by atoms with Crippen molar-refractivity contribution in [1.82, 2.24) is 10.2 Å². The maximum atomic E-state index is 6.22. The molecule has 1 N–H and O–H groups in total. The predicted molar refractivity (Wildman–Crippen MR) is 73.7 cm³/mol. The van der Waals surface area contributed by atoms with E-state index in [1.165, 1.54) is 5.56 Å². The first-order chi connectivity index (χ1) is 8.22. The van der Waals surface area contributed by atoms with E-state index in [1.807, 2.05) is 0 Å². The lowest BCUT2D eigenvalue weighted by molar-refractivity contribution is 0.169. The summed E-state index contributed by atoms with van der Waals surface area (Å²) in [4.78, 5) is 2.55. The summed E-state index contributed by atoms with van der Waals surface area (Å²) in [6.07, 6.45) is 1.14. The van der Waals surface area contributed by atoms with Crippen molar-refractivity contribution in [2.75, 3.05) is 26.2 Å². The maximum Gasteiger partial charge on any atom is 0.0438 e. The van der Waals surface area contributed by atoms with Gasteiger partial charge in [0, 0.05) is 37.2 Å². The fourth-order valence-electron chi connectivity index (χ4n) is 2.51. The lowest BCUT2D eigenvalue weighted by Crippen LogP contribution is -2.45. The average molecular weight is 253 g/mol. The van der Waals surface area contributed by atoms with E-state index in [0.29, 0.717) is 6.04 Å². The number of hydrogen-bond acceptors (Lipinski definition) is 2. The summed E-state index contributed by atoms with van der Waals surface area (Å²) in [7, 11) is 0. The molecular formula is C14H21ClN2. The summed E-state index contributed by atoms with van der Waals surface area (Å²) in [5.41, 5.74) is 2.51. The molecule has 2 rings (SSSR count). The van der Waals surface area contributed by atoms with E-state index in [0.717, 1.165) is 43.2 Å². The Balaban J connectivity index is 2.18. The summed E-state index contributed by atoms with van der Waals surface area (Å²) in [6, 6.07) is 6.99. The molecule has 0 spiro atoms. The Labute approximate surface area is 109 Å². The first-order valence-electron chi connectivity index (χ1n) is 6.43. The number of nitrogens with zero attached hydrogens (tertiary/aromatic N) is 1. The van der Waals surface area contributed by atoms with Crippen LogP contribution in [0.3, 0.4) is 0 Å². The normalized spacial score (nSPS) is 19.2. The molecule has 0 radical (unpaired) electrons. The van der Waals surface area contributed by atoms with Crippen molar-refractivity contribution in [2.24, 2.45) is 0 Å². The Bertz CT molecular complexity index is 372. The summed E-state index contributed by atoms with van der Waals surface area (Å²) in [5.74, 6) is 0. The third-order valence-electron chi connectivity index (χ3n) is 3.56. The third-order valence-corrected chi connectivity index (χ3v) is 3.97. The standard InChI is InChI=1S/C14H21ClN2/c1-3-14(17-8-6-16-7-9-17)12-5-4-11(2)13(15)10-12/h4-5,10,14,16H,3,6-9H2,1-2H3/t14-/m1/s1. The quantitative estimate of drug-likeness (QED) is 0.890. The fraction of sp³-hybridized carbons (Fsp3) is 0.571. The van der Waals surface area contributed by atoms with Crippen LogP contribution < -0.4 is 5.32 Å². The number of rotatable bonds is 3. The van der Waals surface area contributed by atoms with Crippen LogP contribution in [-0.4, -0.2) is 31.1 Å². The number of piperazine rings is 1. The highest BCUT2D eigenvalue weighted by Crippen LogP contribution is 2.28. The number of benzene rings is 1. The zero-order chi connectivity index (χ0) is 12.3. The molecule has 1 fully saturated rings. The molecule has 1 aromatic rings. The topological polar surface area (TPSA) is 15.3 Å². The largest absolute Gasteiger partial charge is 0.314 e. The SMILES string of the molecule is CC[C@H](c1ccc(C)c(Cl)c1)N1CCNCC1. The van der Waals surface area contributed by atoms with Gasteiger partial charge in [-0.2, -0.15) is 0 Å². The molecule has 2 nitrogen and oxygen atoms in total. The van der Waals surface area contributed by atoms with Gasteiger partial charge in [0.15, 0.2) is 0 Å². The van der Waals surface area contributed by atoms with Crippen LogP contribution in [0.2, 0.25) is 5.02 Å². The van der Waals surface area contributed by atoms with E-state index in [2.05, 4.69) is 42.3 Å². The van der Waals surface area contributed by atoms with Gasteiger partial charge in [0.05, 0.1) is 0 Å². The molecule has 1 saturated heterocycles. The van der Waals surface area contributed by atoms with Gasteiger partial charge in [0.1, 0.15) is 0 Å². The molecule has 3 heteroatoms. The molecule has 1 atom stereocenters. The fourth-order valence-corrected chi connectivity index (χ4v) is 2.70. The Morgan fingerprint density at radius 3 is 2.65 bits per heavy atom. The van der Waals surface area contributed by atoms with Crippen molar-refractivity contribution in [3.8, 4) is 0 Å². The van der Waals surface area contributed by atoms with Crippen LogP contribution in [0.1, 0.15) is 30.5 Å². The van der Waals surface area contributed by atoms with Crippen molar-refractivity contribution < 1.29 is 0 Å². The van der Waals surface area contributed by atoms with E-state index in [-0.39, 0.29) is 0 Å². The Hall–Kier alpha value is -0.570. The predicted octanol–water partition coefficient (Wildman–Crippen LogP) is 3.00. The van der Waals surface area contributed by atoms with Crippen molar-refractivity contribution >= 4 is 11.6 Å². The average Bonchev–Trinajstić information content (AvgIpc) is 2.36. The van der Waals surface area contributed by atoms with Gasteiger partial charge in [-0.15, -0.1) is 0 Å². The van der Waals surface area contributed by atoms with E-state index >= 15 is 0 Å². The van der Waals surface area contributed by atoms with Crippen LogP contribution in [-0.2, 0) is 0 Å². The molecule has 17 heavy (non-hydrogen) atoms. The lowest BCUT2D eigenvalue weighted by Gasteiger charge is -2.34. The first-order valence-corrected chi connectivity index (χ1v) is 6.81. The zero-order valence-electron chi connectivity index (χ0n) is 10.7. The first kappa shape index (κ1) is 12.9. The van der Waals surface area contributed by atoms with Crippen molar-refractivity contribution in [1.29, 1.82) is 0 Å². The number of hydrogen-bond donors (Lipinski definition) is 1. The van der Waals surface area contributed by atoms with Gasteiger partial charge in [-0.3, -0.25) is 4.90 Å². The van der Waals surface area contributed by atoms with Crippen molar-refractivity contribution in [2.45, 2.75) is 26.3 Å². The second-order valence-corrected chi connectivity index (χ2v) is 5.13. The minimum absolute atomic E-state index is 0.509. The summed E-state index contributed by atoms with van der Waals surface area (Å²) in [6.45, 7) is 8.75. The second kappa shape index (κ2) is 5.85. The number of halogens is 1. The van der Waals surface area contributed by atoms with Gasteiger partial charge in [-0.25, -0.2) is 0 Å². The van der Waals surface area contributed by atoms with Gasteiger partial charge < -0.3 is 5.32 Å². The second-order valence-electron chi connectivity index (χ2n) is 4.72. The monoisotopic (exact) mass is 252 g/mol. The number of aryl methyl sites for hydroxylation is 1. The van der Waals surface area contributed by atoms with Crippen LogP contribution in [0.25, 0.3) is 0 Å². The third kappa shape index (κ3) is 3.01. The highest BCUT2D eigenvalue weighted by atomic mass is 35.5. The van der Waals surface area contributed by atoms with Crippen LogP contribution >= 0.6 is 11.6 Å². The molecule has 0 saturated carbocycles. The molecule has 0 bridgehead atoms. The highest BCUT2D eigenvalue weighted by molar-refractivity contribution is 6.31. The Morgan fingerprint density at radius 1 is 1.35 bits per heavy atom. The van der Waals surface area contributed by atoms with Gasteiger partial charge in [-0.05, 0) is 30.5 Å². The van der Waals surface area contributed by atoms with Crippen molar-refractivity contribution in [3.05, 3.63) is 34.3 Å². The van der Waals surface area contributed by atoms with Crippen LogP contribution in [0.4, 0.5) is 0 Å². The highest BCUT2D eigenvalue weighted by Gasteiger charge is 2.20. The van der Waals surface area contributed by atoms with Gasteiger partial charge in [-0.1, -0.05) is 30.7 Å². The smallest absolute Gasteiger partial charge is 0.0438 e. The molecule has 1 heterocycles. The minimum atomic E-state index is 0.509. The molecular weight excluding hydrogens is 232 g/mol. The van der Waals surface area contributed by atoms with Crippen molar-refractivity contribution in [3.63, 3.8) is 0 Å². The minimum Gasteiger partial charge on any atom is -0.314 e. The number of nitrogens with one attached hydrogen (secondary N) is 1. The van der Waals surface area contributed by atoms with Gasteiger partial charge in [0.2, 0.25) is 0 Å². The summed E-state index contributed by atoms with van der Waals surface area (Å²) in [5, 5.41) is 4.28. The van der Waals surface area contributed by atoms with E-state index < -0.39 is 0 Å². The van der Waals surface area contributed by atoms with E-state index in [1.54, 1.807) is 0 Å². The Kier molecular flexibility index (Phi) is 4.43. The Morgan fingerprint density at radius 2 is 2.06 bits per heavy atom. The molecule has 1 aromatic carbocycles. The van der Waals surface area contributed by atoms with Crippen LogP contribution in [0.5, 0.6) is 0 Å². The lowest BCUT2D eigenvalue weighted by atomic mass is 10.0. The molecule has 1 aliphatic rings. The molecule has 0 unspecified atom stereocenters. The zero-order valence-corrected chi connectivity index (χ0v) is 11.4. The molecule has 0 aliphatic carbocycles. The maximum absolute atomic E-state index is 6.22. The molecule has 0 amide bonds. The van der Waals surface area contributed by atoms with Gasteiger partial charge in [0.25, 0.3) is 0 Å². The van der Waals surface area contributed by atoms with Gasteiger partial charge >= 0.3 is 0 Å². The van der Waals surface area contributed by atoms with Crippen LogP contribution in [0.15, 0.2) is 18.2 Å². The van der Waals surface area contributed by atoms with E-state index in [4.69, 9.17) is 11.6 Å². The molecule has 0 aromatic heterocycles. The van der Waals surface area contributed by atoms with Crippen LogP contribution in [0, 0.1) is 6.92 Å². The van der Waals surface area contributed by atoms with E-state index in [9.17, 15) is 0 Å². The summed E-state index contributed by atoms with van der Waals surface area (Å²) < 4.78 is 0.